The average molecular weight is 243 g/mol. The Kier molecular flexibility index (Phi) is 2.37. The lowest BCUT2D eigenvalue weighted by Gasteiger charge is -2.04. The van der Waals surface area contributed by atoms with Crippen molar-refractivity contribution in [2.24, 2.45) is 0 Å². The first-order chi connectivity index (χ1) is 8.24. The van der Waals surface area contributed by atoms with Gasteiger partial charge in [-0.1, -0.05) is 12.1 Å². The van der Waals surface area contributed by atoms with E-state index in [1.54, 1.807) is 11.3 Å². The summed E-state index contributed by atoms with van der Waals surface area (Å²) in [6.45, 7) is 2.88. The van der Waals surface area contributed by atoms with Crippen LogP contribution in [0, 0.1) is 6.92 Å². The number of aryl methyl sites for hydroxylation is 1. The smallest absolute Gasteiger partial charge is 0.201 e. The van der Waals surface area contributed by atoms with Gasteiger partial charge in [0.1, 0.15) is 0 Å². The number of thiophene rings is 1. The number of benzene rings is 1. The number of hydrogen-bond donors (Lipinski definition) is 1. The van der Waals surface area contributed by atoms with Crippen LogP contribution < -0.4 is 5.73 Å². The lowest BCUT2D eigenvalue weighted by atomic mass is 10.2. The molecule has 0 aliphatic heterocycles. The summed E-state index contributed by atoms with van der Waals surface area (Å²) in [6, 6.07) is 10.4. The fraction of sp³-hybridized carbons (Fsp3) is 0.154. The predicted octanol–water partition coefficient (Wildman–Crippen LogP) is 3.04. The monoisotopic (exact) mass is 243 g/mol. The molecule has 3 nitrogen and oxygen atoms in total. The van der Waals surface area contributed by atoms with E-state index in [-0.39, 0.29) is 0 Å². The second-order valence-electron chi connectivity index (χ2n) is 4.13. The van der Waals surface area contributed by atoms with Gasteiger partial charge >= 0.3 is 0 Å². The zero-order valence-electron chi connectivity index (χ0n) is 9.55. The van der Waals surface area contributed by atoms with Gasteiger partial charge in [0.15, 0.2) is 0 Å². The van der Waals surface area contributed by atoms with E-state index in [9.17, 15) is 0 Å². The third-order valence-corrected chi connectivity index (χ3v) is 3.69. The molecule has 2 heterocycles. The number of aromatic nitrogens is 2. The number of anilines is 1. The second-order valence-corrected chi connectivity index (χ2v) is 5.16. The summed E-state index contributed by atoms with van der Waals surface area (Å²) in [4.78, 5) is 5.67. The van der Waals surface area contributed by atoms with Crippen molar-refractivity contribution < 1.29 is 0 Å². The van der Waals surface area contributed by atoms with Crippen LogP contribution in [0.5, 0.6) is 0 Å². The molecule has 86 valence electrons. The van der Waals surface area contributed by atoms with Crippen molar-refractivity contribution in [3.05, 3.63) is 46.2 Å². The highest BCUT2D eigenvalue weighted by Crippen LogP contribution is 2.21. The number of hydrogen-bond acceptors (Lipinski definition) is 3. The standard InChI is InChI=1S/C13H13N3S/c1-9-4-5-11-12(7-9)16(13(14)15-11)8-10-3-2-6-17-10/h2-7H,8H2,1H3,(H2,14,15). The molecule has 3 aromatic rings. The summed E-state index contributed by atoms with van der Waals surface area (Å²) in [7, 11) is 0. The molecule has 4 heteroatoms. The highest BCUT2D eigenvalue weighted by molar-refractivity contribution is 7.09. The van der Waals surface area contributed by atoms with Crippen LogP contribution >= 0.6 is 11.3 Å². The molecule has 0 spiro atoms. The Hall–Kier alpha value is -1.81. The SMILES string of the molecule is Cc1ccc2nc(N)n(Cc3cccs3)c2c1. The fourth-order valence-corrected chi connectivity index (χ4v) is 2.67. The van der Waals surface area contributed by atoms with E-state index >= 15 is 0 Å². The van der Waals surface area contributed by atoms with Crippen LogP contribution in [-0.2, 0) is 6.54 Å². The number of nitrogens with zero attached hydrogens (tertiary/aromatic N) is 2. The van der Waals surface area contributed by atoms with Crippen molar-refractivity contribution >= 4 is 28.3 Å². The van der Waals surface area contributed by atoms with Crippen LogP contribution in [0.4, 0.5) is 5.95 Å². The Morgan fingerprint density at radius 2 is 2.24 bits per heavy atom. The number of nitrogen functional groups attached to an aromatic ring is 1. The van der Waals surface area contributed by atoms with Crippen LogP contribution in [0.25, 0.3) is 11.0 Å². The maximum atomic E-state index is 5.98. The summed E-state index contributed by atoms with van der Waals surface area (Å²) in [6.07, 6.45) is 0. The van der Waals surface area contributed by atoms with Gasteiger partial charge in [0.25, 0.3) is 0 Å². The van der Waals surface area contributed by atoms with E-state index in [1.807, 2.05) is 6.07 Å². The Morgan fingerprint density at radius 3 is 3.00 bits per heavy atom. The van der Waals surface area contributed by atoms with Crippen LogP contribution in [-0.4, -0.2) is 9.55 Å². The first-order valence-electron chi connectivity index (χ1n) is 5.49. The molecule has 3 rings (SSSR count). The highest BCUT2D eigenvalue weighted by atomic mass is 32.1. The summed E-state index contributed by atoms with van der Waals surface area (Å²) in [5, 5.41) is 2.08. The first kappa shape index (κ1) is 10.4. The minimum atomic E-state index is 0.582. The highest BCUT2D eigenvalue weighted by Gasteiger charge is 2.08. The van der Waals surface area contributed by atoms with Gasteiger partial charge in [-0.25, -0.2) is 4.98 Å². The van der Waals surface area contributed by atoms with E-state index in [2.05, 4.69) is 46.1 Å². The Balaban J connectivity index is 2.14. The Morgan fingerprint density at radius 1 is 1.35 bits per heavy atom. The predicted molar refractivity (Wildman–Crippen MR) is 72.3 cm³/mol. The third kappa shape index (κ3) is 1.80. The molecule has 0 fully saturated rings. The van der Waals surface area contributed by atoms with Crippen molar-refractivity contribution in [1.29, 1.82) is 0 Å². The summed E-state index contributed by atoms with van der Waals surface area (Å²) in [5.74, 6) is 0.582. The van der Waals surface area contributed by atoms with Crippen LogP contribution in [0.2, 0.25) is 0 Å². The third-order valence-electron chi connectivity index (χ3n) is 2.83. The van der Waals surface area contributed by atoms with Crippen molar-refractivity contribution in [3.63, 3.8) is 0 Å². The molecular formula is C13H13N3S. The van der Waals surface area contributed by atoms with Crippen LogP contribution in [0.3, 0.4) is 0 Å². The molecule has 0 bridgehead atoms. The van der Waals surface area contributed by atoms with Crippen LogP contribution in [0.15, 0.2) is 35.7 Å². The number of rotatable bonds is 2. The minimum absolute atomic E-state index is 0.582. The quantitative estimate of drug-likeness (QED) is 0.751. The van der Waals surface area contributed by atoms with Gasteiger partial charge in [0.2, 0.25) is 5.95 Å². The van der Waals surface area contributed by atoms with Gasteiger partial charge in [-0.2, -0.15) is 0 Å². The van der Waals surface area contributed by atoms with E-state index in [1.165, 1.54) is 10.4 Å². The lowest BCUT2D eigenvalue weighted by Crippen LogP contribution is -2.03. The average Bonchev–Trinajstić information content (AvgIpc) is 2.90. The number of imidazole rings is 1. The van der Waals surface area contributed by atoms with Gasteiger partial charge in [-0.3, -0.25) is 0 Å². The number of fused-ring (bicyclic) bond motifs is 1. The van der Waals surface area contributed by atoms with Gasteiger partial charge in [-0.15, -0.1) is 11.3 Å². The zero-order valence-corrected chi connectivity index (χ0v) is 10.4. The molecule has 2 N–H and O–H groups in total. The van der Waals surface area contributed by atoms with Gasteiger partial charge in [0, 0.05) is 4.88 Å². The molecule has 0 aliphatic rings. The van der Waals surface area contributed by atoms with E-state index < -0.39 is 0 Å². The fourth-order valence-electron chi connectivity index (χ4n) is 1.98. The second kappa shape index (κ2) is 3.89. The van der Waals surface area contributed by atoms with E-state index in [0.29, 0.717) is 5.95 Å². The molecule has 0 amide bonds. The van der Waals surface area contributed by atoms with E-state index in [4.69, 9.17) is 5.73 Å². The van der Waals surface area contributed by atoms with E-state index in [0.717, 1.165) is 17.6 Å². The minimum Gasteiger partial charge on any atom is -0.369 e. The Labute approximate surface area is 104 Å². The van der Waals surface area contributed by atoms with Crippen molar-refractivity contribution in [2.75, 3.05) is 5.73 Å². The zero-order chi connectivity index (χ0) is 11.8. The lowest BCUT2D eigenvalue weighted by molar-refractivity contribution is 0.852. The molecular weight excluding hydrogens is 230 g/mol. The van der Waals surface area contributed by atoms with Crippen LogP contribution in [0.1, 0.15) is 10.4 Å². The molecule has 0 saturated heterocycles. The molecule has 17 heavy (non-hydrogen) atoms. The Bertz CT molecular complexity index is 653. The summed E-state index contributed by atoms with van der Waals surface area (Å²) < 4.78 is 2.06. The molecule has 0 aliphatic carbocycles. The maximum Gasteiger partial charge on any atom is 0.201 e. The van der Waals surface area contributed by atoms with Gasteiger partial charge < -0.3 is 10.3 Å². The van der Waals surface area contributed by atoms with Gasteiger partial charge in [0.05, 0.1) is 17.6 Å². The summed E-state index contributed by atoms with van der Waals surface area (Å²) in [5.41, 5.74) is 9.27. The van der Waals surface area contributed by atoms with Crippen molar-refractivity contribution in [3.8, 4) is 0 Å². The van der Waals surface area contributed by atoms with Crippen molar-refractivity contribution in [2.45, 2.75) is 13.5 Å². The van der Waals surface area contributed by atoms with Crippen molar-refractivity contribution in [1.82, 2.24) is 9.55 Å². The molecule has 0 unspecified atom stereocenters. The molecule has 0 radical (unpaired) electrons. The topological polar surface area (TPSA) is 43.8 Å². The normalized spacial score (nSPS) is 11.1. The molecule has 0 saturated carbocycles. The molecule has 1 aromatic carbocycles. The molecule has 2 aromatic heterocycles. The largest absolute Gasteiger partial charge is 0.369 e. The first-order valence-corrected chi connectivity index (χ1v) is 6.37. The number of nitrogens with two attached hydrogens (primary N) is 1. The summed E-state index contributed by atoms with van der Waals surface area (Å²) >= 11 is 1.74. The van der Waals surface area contributed by atoms with Gasteiger partial charge in [-0.05, 0) is 36.1 Å². The molecule has 0 atom stereocenters. The maximum absolute atomic E-state index is 5.98.